The van der Waals surface area contributed by atoms with Crippen molar-refractivity contribution in [3.05, 3.63) is 67.7 Å². The fourth-order valence-corrected chi connectivity index (χ4v) is 3.00. The number of rotatable bonds is 4. The van der Waals surface area contributed by atoms with Crippen molar-refractivity contribution in [1.82, 2.24) is 5.32 Å². The van der Waals surface area contributed by atoms with E-state index in [1.54, 1.807) is 51.1 Å². The van der Waals surface area contributed by atoms with E-state index in [2.05, 4.69) is 10.6 Å². The molecule has 0 spiro atoms. The predicted molar refractivity (Wildman–Crippen MR) is 117 cm³/mol. The molecule has 2 aromatic carbocycles. The van der Waals surface area contributed by atoms with Crippen LogP contribution in [-0.2, 0) is 9.59 Å². The van der Waals surface area contributed by atoms with Crippen molar-refractivity contribution in [1.29, 1.82) is 0 Å². The van der Waals surface area contributed by atoms with Gasteiger partial charge < -0.3 is 10.6 Å². The Bertz CT molecular complexity index is 929. The second kappa shape index (κ2) is 9.19. The Labute approximate surface area is 183 Å². The lowest BCUT2D eigenvalue weighted by atomic mass is 9.95. The lowest BCUT2D eigenvalue weighted by Crippen LogP contribution is -2.38. The molecule has 148 valence electrons. The Kier molecular flexibility index (Phi) is 7.40. The van der Waals surface area contributed by atoms with Crippen LogP contribution in [0.15, 0.2) is 42.1 Å². The van der Waals surface area contributed by atoms with E-state index in [9.17, 15) is 9.59 Å². The van der Waals surface area contributed by atoms with Crippen molar-refractivity contribution >= 4 is 70.0 Å². The monoisotopic (exact) mass is 458 g/mol. The number of carbonyl (C=O) groups is 2. The lowest BCUT2D eigenvalue weighted by Gasteiger charge is -2.19. The van der Waals surface area contributed by atoms with Gasteiger partial charge in [-0.1, -0.05) is 73.2 Å². The first-order valence-corrected chi connectivity index (χ1v) is 9.74. The van der Waals surface area contributed by atoms with E-state index < -0.39 is 11.3 Å². The van der Waals surface area contributed by atoms with Gasteiger partial charge in [0, 0.05) is 26.0 Å². The highest BCUT2D eigenvalue weighted by atomic mass is 35.5. The molecule has 0 aliphatic carbocycles. The van der Waals surface area contributed by atoms with Crippen LogP contribution in [-0.4, -0.2) is 11.8 Å². The van der Waals surface area contributed by atoms with Crippen LogP contribution in [0, 0.1) is 5.41 Å². The number of halogens is 4. The van der Waals surface area contributed by atoms with Crippen LogP contribution in [0.2, 0.25) is 20.1 Å². The number of anilines is 1. The van der Waals surface area contributed by atoms with Crippen LogP contribution in [0.4, 0.5) is 5.69 Å². The van der Waals surface area contributed by atoms with Crippen LogP contribution in [0.1, 0.15) is 26.3 Å². The molecule has 8 heteroatoms. The number of benzene rings is 2. The minimum Gasteiger partial charge on any atom is -0.321 e. The minimum absolute atomic E-state index is 0.0269. The van der Waals surface area contributed by atoms with Crippen LogP contribution >= 0.6 is 46.4 Å². The summed E-state index contributed by atoms with van der Waals surface area (Å²) in [5, 5.41) is 6.66. The molecule has 2 amide bonds. The number of carbonyl (C=O) groups excluding carboxylic acids is 2. The summed E-state index contributed by atoms with van der Waals surface area (Å²) < 4.78 is 0. The molecule has 2 aromatic rings. The van der Waals surface area contributed by atoms with Gasteiger partial charge in [-0.25, -0.2) is 0 Å². The van der Waals surface area contributed by atoms with Crippen molar-refractivity contribution in [2.75, 3.05) is 5.32 Å². The maximum Gasteiger partial charge on any atom is 0.272 e. The summed E-state index contributed by atoms with van der Waals surface area (Å²) in [5.74, 6) is -0.933. The summed E-state index contributed by atoms with van der Waals surface area (Å²) in [7, 11) is 0. The highest BCUT2D eigenvalue weighted by Gasteiger charge is 2.25. The van der Waals surface area contributed by atoms with Crippen molar-refractivity contribution in [2.24, 2.45) is 5.41 Å². The summed E-state index contributed by atoms with van der Waals surface area (Å²) in [6.45, 7) is 5.20. The minimum atomic E-state index is -0.721. The van der Waals surface area contributed by atoms with E-state index in [1.807, 2.05) is 0 Å². The fourth-order valence-electron chi connectivity index (χ4n) is 2.04. The summed E-state index contributed by atoms with van der Waals surface area (Å²) in [5.41, 5.74) is 0.00671. The highest BCUT2D eigenvalue weighted by molar-refractivity contribution is 6.38. The van der Waals surface area contributed by atoms with Crippen molar-refractivity contribution in [2.45, 2.75) is 20.8 Å². The van der Waals surface area contributed by atoms with E-state index >= 15 is 0 Å². The summed E-state index contributed by atoms with van der Waals surface area (Å²) in [6.07, 6.45) is 1.42. The standard InChI is InChI=1S/C20H18Cl4N2O2/c1-20(2,3)19(28)26-17(10-12-13(22)5-4-6-14(12)23)18(27)25-16-8-7-11(21)9-15(16)24/h4-10H,1-3H3,(H,25,27)(H,26,28)/b17-10+. The van der Waals surface area contributed by atoms with Gasteiger partial charge in [0.2, 0.25) is 5.91 Å². The zero-order valence-corrected chi connectivity index (χ0v) is 18.4. The van der Waals surface area contributed by atoms with Crippen LogP contribution in [0.5, 0.6) is 0 Å². The third-order valence-electron chi connectivity index (χ3n) is 3.64. The van der Waals surface area contributed by atoms with Crippen molar-refractivity contribution < 1.29 is 9.59 Å². The second-order valence-electron chi connectivity index (χ2n) is 6.98. The average molecular weight is 460 g/mol. The highest BCUT2D eigenvalue weighted by Crippen LogP contribution is 2.28. The zero-order chi connectivity index (χ0) is 21.1. The first kappa shape index (κ1) is 22.6. The zero-order valence-electron chi connectivity index (χ0n) is 15.4. The average Bonchev–Trinajstić information content (AvgIpc) is 2.58. The summed E-state index contributed by atoms with van der Waals surface area (Å²) >= 11 is 24.4. The molecule has 0 atom stereocenters. The normalized spacial score (nSPS) is 11.9. The molecule has 0 saturated heterocycles. The van der Waals surface area contributed by atoms with Crippen LogP contribution in [0.25, 0.3) is 6.08 Å². The second-order valence-corrected chi connectivity index (χ2v) is 8.63. The molecule has 0 aromatic heterocycles. The summed E-state index contributed by atoms with van der Waals surface area (Å²) in [4.78, 5) is 25.3. The number of nitrogens with one attached hydrogen (secondary N) is 2. The molecule has 2 N–H and O–H groups in total. The quantitative estimate of drug-likeness (QED) is 0.516. The molecule has 0 aliphatic heterocycles. The Balaban J connectivity index is 2.44. The van der Waals surface area contributed by atoms with Crippen LogP contribution in [0.3, 0.4) is 0 Å². The maximum absolute atomic E-state index is 12.9. The molecular formula is C20H18Cl4N2O2. The van der Waals surface area contributed by atoms with Gasteiger partial charge in [0.25, 0.3) is 5.91 Å². The Morgan fingerprint density at radius 2 is 1.54 bits per heavy atom. The van der Waals surface area contributed by atoms with Gasteiger partial charge in [0.05, 0.1) is 10.7 Å². The van der Waals surface area contributed by atoms with Gasteiger partial charge in [-0.3, -0.25) is 9.59 Å². The summed E-state index contributed by atoms with van der Waals surface area (Å²) in [6, 6.07) is 9.61. The molecule has 0 heterocycles. The molecule has 0 bridgehead atoms. The smallest absolute Gasteiger partial charge is 0.272 e. The predicted octanol–water partition coefficient (Wildman–Crippen LogP) is 6.44. The molecule has 4 nitrogen and oxygen atoms in total. The van der Waals surface area contributed by atoms with Gasteiger partial charge >= 0.3 is 0 Å². The molecule has 28 heavy (non-hydrogen) atoms. The maximum atomic E-state index is 12.9. The van der Waals surface area contributed by atoms with Gasteiger partial charge in [-0.2, -0.15) is 0 Å². The Morgan fingerprint density at radius 3 is 2.07 bits per heavy atom. The molecule has 2 rings (SSSR count). The molecule has 0 radical (unpaired) electrons. The molecule has 0 saturated carbocycles. The van der Waals surface area contributed by atoms with E-state index in [-0.39, 0.29) is 16.6 Å². The first-order chi connectivity index (χ1) is 13.0. The number of amides is 2. The molecule has 0 unspecified atom stereocenters. The van der Waals surface area contributed by atoms with E-state index in [0.29, 0.717) is 26.3 Å². The van der Waals surface area contributed by atoms with Crippen LogP contribution < -0.4 is 10.6 Å². The molecular weight excluding hydrogens is 442 g/mol. The third-order valence-corrected chi connectivity index (χ3v) is 4.85. The third kappa shape index (κ3) is 5.89. The Morgan fingerprint density at radius 1 is 0.929 bits per heavy atom. The van der Waals surface area contributed by atoms with Gasteiger partial charge in [0.1, 0.15) is 5.70 Å². The van der Waals surface area contributed by atoms with Crippen molar-refractivity contribution in [3.8, 4) is 0 Å². The number of hydrogen-bond donors (Lipinski definition) is 2. The topological polar surface area (TPSA) is 58.2 Å². The van der Waals surface area contributed by atoms with E-state index in [1.165, 1.54) is 12.1 Å². The molecule has 0 fully saturated rings. The van der Waals surface area contributed by atoms with Gasteiger partial charge in [-0.05, 0) is 36.4 Å². The Hall–Kier alpha value is -1.72. The van der Waals surface area contributed by atoms with Gasteiger partial charge in [0.15, 0.2) is 0 Å². The molecule has 0 aliphatic rings. The SMILES string of the molecule is CC(C)(C)C(=O)N/C(=C/c1c(Cl)cccc1Cl)C(=O)Nc1ccc(Cl)cc1Cl. The van der Waals surface area contributed by atoms with Crippen molar-refractivity contribution in [3.63, 3.8) is 0 Å². The number of hydrogen-bond acceptors (Lipinski definition) is 2. The van der Waals surface area contributed by atoms with E-state index in [0.717, 1.165) is 0 Å². The first-order valence-electron chi connectivity index (χ1n) is 8.22. The largest absolute Gasteiger partial charge is 0.321 e. The fraction of sp³-hybridized carbons (Fsp3) is 0.200. The van der Waals surface area contributed by atoms with E-state index in [4.69, 9.17) is 46.4 Å². The van der Waals surface area contributed by atoms with Gasteiger partial charge in [-0.15, -0.1) is 0 Å². The lowest BCUT2D eigenvalue weighted by molar-refractivity contribution is -0.128.